The van der Waals surface area contributed by atoms with Gasteiger partial charge in [0.25, 0.3) is 5.91 Å². The molecule has 6 heteroatoms. The minimum Gasteiger partial charge on any atom is -0.409 e. The number of nitrogens with zero attached hydrogens (tertiary/aromatic N) is 2. The third kappa shape index (κ3) is 2.79. The molecule has 1 heterocycles. The monoisotopic (exact) mass is 258 g/mol. The number of carbonyl (C=O) groups is 1. The van der Waals surface area contributed by atoms with Crippen LogP contribution in [0.25, 0.3) is 10.9 Å². The molecule has 0 spiro atoms. The molecule has 0 aliphatic carbocycles. The lowest BCUT2D eigenvalue weighted by molar-refractivity contribution is 0.0944. The van der Waals surface area contributed by atoms with Crippen molar-refractivity contribution in [2.45, 2.75) is 13.0 Å². The van der Waals surface area contributed by atoms with Crippen molar-refractivity contribution < 1.29 is 10.0 Å². The van der Waals surface area contributed by atoms with Gasteiger partial charge in [0.1, 0.15) is 5.69 Å². The standard InChI is InChI=1S/C13H14N4O2/c1-8(12(14)17-19)15-13(18)11-7-6-9-4-2-3-5-10(9)16-11/h2-8,19H,1H3,(H2,14,17)(H,15,18). The van der Waals surface area contributed by atoms with E-state index < -0.39 is 6.04 Å². The SMILES string of the molecule is CC(NC(=O)c1ccc2ccccc2n1)/C(N)=N/O. The molecule has 0 bridgehead atoms. The Balaban J connectivity index is 2.22. The van der Waals surface area contributed by atoms with Gasteiger partial charge in [0.05, 0.1) is 11.6 Å². The van der Waals surface area contributed by atoms with Crippen LogP contribution in [0.4, 0.5) is 0 Å². The number of carbonyl (C=O) groups excluding carboxylic acids is 1. The number of amides is 1. The lowest BCUT2D eigenvalue weighted by Crippen LogP contribution is -2.42. The first kappa shape index (κ1) is 12.8. The number of para-hydroxylation sites is 1. The average Bonchev–Trinajstić information content (AvgIpc) is 2.45. The van der Waals surface area contributed by atoms with Crippen molar-refractivity contribution in [3.63, 3.8) is 0 Å². The first-order valence-electron chi connectivity index (χ1n) is 5.76. The molecule has 98 valence electrons. The Morgan fingerprint density at radius 3 is 2.84 bits per heavy atom. The largest absolute Gasteiger partial charge is 0.409 e. The summed E-state index contributed by atoms with van der Waals surface area (Å²) in [4.78, 5) is 16.2. The zero-order valence-corrected chi connectivity index (χ0v) is 10.4. The molecule has 2 aromatic rings. The Morgan fingerprint density at radius 2 is 2.11 bits per heavy atom. The van der Waals surface area contributed by atoms with Crippen molar-refractivity contribution >= 4 is 22.6 Å². The molecule has 1 atom stereocenters. The zero-order valence-electron chi connectivity index (χ0n) is 10.4. The summed E-state index contributed by atoms with van der Waals surface area (Å²) in [5.41, 5.74) is 6.43. The summed E-state index contributed by atoms with van der Waals surface area (Å²) in [6, 6.07) is 10.4. The average molecular weight is 258 g/mol. The number of hydrogen-bond donors (Lipinski definition) is 3. The van der Waals surface area contributed by atoms with Gasteiger partial charge >= 0.3 is 0 Å². The first-order chi connectivity index (χ1) is 9.11. The van der Waals surface area contributed by atoms with E-state index in [1.165, 1.54) is 0 Å². The van der Waals surface area contributed by atoms with E-state index in [1.807, 2.05) is 30.3 Å². The number of rotatable bonds is 3. The third-order valence-corrected chi connectivity index (χ3v) is 2.74. The molecule has 1 amide bonds. The summed E-state index contributed by atoms with van der Waals surface area (Å²) in [5, 5.41) is 14.9. The number of aromatic nitrogens is 1. The lowest BCUT2D eigenvalue weighted by Gasteiger charge is -2.11. The van der Waals surface area contributed by atoms with Crippen LogP contribution in [-0.2, 0) is 0 Å². The Labute approximate surface area is 109 Å². The Hall–Kier alpha value is -2.63. The van der Waals surface area contributed by atoms with Crippen LogP contribution >= 0.6 is 0 Å². The summed E-state index contributed by atoms with van der Waals surface area (Å²) < 4.78 is 0. The summed E-state index contributed by atoms with van der Waals surface area (Å²) in [5.74, 6) is -0.431. The number of benzene rings is 1. The van der Waals surface area contributed by atoms with Gasteiger partial charge in [-0.1, -0.05) is 29.4 Å². The quantitative estimate of drug-likeness (QED) is 0.332. The highest BCUT2D eigenvalue weighted by Crippen LogP contribution is 2.11. The molecule has 0 aliphatic heterocycles. The fourth-order valence-electron chi connectivity index (χ4n) is 1.62. The number of amidine groups is 1. The second-order valence-corrected chi connectivity index (χ2v) is 4.11. The van der Waals surface area contributed by atoms with E-state index in [4.69, 9.17) is 10.9 Å². The van der Waals surface area contributed by atoms with Crippen LogP contribution in [0.5, 0.6) is 0 Å². The third-order valence-electron chi connectivity index (χ3n) is 2.74. The van der Waals surface area contributed by atoms with Gasteiger partial charge < -0.3 is 16.3 Å². The van der Waals surface area contributed by atoms with Crippen LogP contribution in [0.3, 0.4) is 0 Å². The van der Waals surface area contributed by atoms with Crippen LogP contribution in [0.2, 0.25) is 0 Å². The number of nitrogens with one attached hydrogen (secondary N) is 1. The van der Waals surface area contributed by atoms with Gasteiger partial charge in [0.2, 0.25) is 0 Å². The van der Waals surface area contributed by atoms with Gasteiger partial charge in [-0.15, -0.1) is 0 Å². The predicted octanol–water partition coefficient (Wildman–Crippen LogP) is 1.10. The van der Waals surface area contributed by atoms with Gasteiger partial charge in [-0.25, -0.2) is 4.98 Å². The topological polar surface area (TPSA) is 101 Å². The minimum atomic E-state index is -0.564. The van der Waals surface area contributed by atoms with Crippen LogP contribution < -0.4 is 11.1 Å². The maximum Gasteiger partial charge on any atom is 0.270 e. The van der Waals surface area contributed by atoms with Crippen LogP contribution in [0.15, 0.2) is 41.6 Å². The van der Waals surface area contributed by atoms with Crippen molar-refractivity contribution in [1.82, 2.24) is 10.3 Å². The molecule has 1 aromatic carbocycles. The summed E-state index contributed by atoms with van der Waals surface area (Å²) in [7, 11) is 0. The van der Waals surface area contributed by atoms with Gasteiger partial charge in [-0.3, -0.25) is 4.79 Å². The summed E-state index contributed by atoms with van der Waals surface area (Å²) in [6.07, 6.45) is 0. The normalized spacial score (nSPS) is 13.2. The van der Waals surface area contributed by atoms with Crippen molar-refractivity contribution in [1.29, 1.82) is 0 Å². The lowest BCUT2D eigenvalue weighted by atomic mass is 10.2. The number of hydrogen-bond acceptors (Lipinski definition) is 4. The fourth-order valence-corrected chi connectivity index (χ4v) is 1.62. The summed E-state index contributed by atoms with van der Waals surface area (Å²) >= 11 is 0. The molecule has 0 fully saturated rings. The predicted molar refractivity (Wildman–Crippen MR) is 72.1 cm³/mol. The molecule has 0 saturated heterocycles. The van der Waals surface area contributed by atoms with Gasteiger partial charge in [-0.2, -0.15) is 0 Å². The highest BCUT2D eigenvalue weighted by Gasteiger charge is 2.14. The van der Waals surface area contributed by atoms with Crippen LogP contribution in [-0.4, -0.2) is 28.0 Å². The van der Waals surface area contributed by atoms with E-state index in [9.17, 15) is 4.79 Å². The molecular weight excluding hydrogens is 244 g/mol. The van der Waals surface area contributed by atoms with Crippen molar-refractivity contribution in [2.75, 3.05) is 0 Å². The Morgan fingerprint density at radius 1 is 1.37 bits per heavy atom. The van der Waals surface area contributed by atoms with E-state index in [-0.39, 0.29) is 17.4 Å². The van der Waals surface area contributed by atoms with Crippen LogP contribution in [0, 0.1) is 0 Å². The number of nitrogens with two attached hydrogens (primary N) is 1. The Kier molecular flexibility index (Phi) is 3.61. The maximum absolute atomic E-state index is 12.0. The summed E-state index contributed by atoms with van der Waals surface area (Å²) in [6.45, 7) is 1.62. The molecule has 4 N–H and O–H groups in total. The number of fused-ring (bicyclic) bond motifs is 1. The van der Waals surface area contributed by atoms with Crippen molar-refractivity contribution in [2.24, 2.45) is 10.9 Å². The molecule has 0 aliphatic rings. The second-order valence-electron chi connectivity index (χ2n) is 4.11. The van der Waals surface area contributed by atoms with Crippen molar-refractivity contribution in [3.05, 3.63) is 42.1 Å². The first-order valence-corrected chi connectivity index (χ1v) is 5.76. The molecule has 6 nitrogen and oxygen atoms in total. The van der Waals surface area contributed by atoms with Crippen molar-refractivity contribution in [3.8, 4) is 0 Å². The molecule has 1 unspecified atom stereocenters. The number of oxime groups is 1. The van der Waals surface area contributed by atoms with Gasteiger partial charge in [0.15, 0.2) is 5.84 Å². The second kappa shape index (κ2) is 5.34. The van der Waals surface area contributed by atoms with Crippen LogP contribution in [0.1, 0.15) is 17.4 Å². The van der Waals surface area contributed by atoms with E-state index in [0.29, 0.717) is 0 Å². The maximum atomic E-state index is 12.0. The molecular formula is C13H14N4O2. The minimum absolute atomic E-state index is 0.0610. The zero-order chi connectivity index (χ0) is 13.8. The highest BCUT2D eigenvalue weighted by molar-refractivity contribution is 5.98. The van der Waals surface area contributed by atoms with Gasteiger partial charge in [0, 0.05) is 5.39 Å². The molecule has 2 rings (SSSR count). The highest BCUT2D eigenvalue weighted by atomic mass is 16.4. The van der Waals surface area contributed by atoms with Gasteiger partial charge in [-0.05, 0) is 19.1 Å². The van der Waals surface area contributed by atoms with E-state index in [1.54, 1.807) is 13.0 Å². The van der Waals surface area contributed by atoms with E-state index >= 15 is 0 Å². The Bertz CT molecular complexity index is 639. The molecule has 0 saturated carbocycles. The molecule has 0 radical (unpaired) electrons. The van der Waals surface area contributed by atoms with E-state index in [0.717, 1.165) is 10.9 Å². The smallest absolute Gasteiger partial charge is 0.270 e. The fraction of sp³-hybridized carbons (Fsp3) is 0.154. The van der Waals surface area contributed by atoms with E-state index in [2.05, 4.69) is 15.5 Å². The molecule has 1 aromatic heterocycles. The number of pyridine rings is 1. The molecule has 19 heavy (non-hydrogen) atoms.